The standard InChI is InChI=1S/C12H13N5O/c1-16-6-9(13)10-11(18)8(4-14-12(10)16)7-3-15-17(2)5-7/h3-6,8H,13H2,1-2H3. The predicted molar refractivity (Wildman–Crippen MR) is 68.3 cm³/mol. The van der Waals surface area contributed by atoms with Gasteiger partial charge in [-0.1, -0.05) is 0 Å². The van der Waals surface area contributed by atoms with Gasteiger partial charge >= 0.3 is 0 Å². The highest BCUT2D eigenvalue weighted by Crippen LogP contribution is 2.35. The number of carbonyl (C=O) groups excluding carboxylic acids is 1. The van der Waals surface area contributed by atoms with Crippen molar-refractivity contribution in [3.8, 4) is 0 Å². The van der Waals surface area contributed by atoms with Crippen molar-refractivity contribution in [1.82, 2.24) is 14.3 Å². The molecule has 1 atom stereocenters. The van der Waals surface area contributed by atoms with E-state index >= 15 is 0 Å². The average molecular weight is 243 g/mol. The Kier molecular flexibility index (Phi) is 2.13. The van der Waals surface area contributed by atoms with E-state index in [4.69, 9.17) is 5.73 Å². The van der Waals surface area contributed by atoms with Gasteiger partial charge in [0.25, 0.3) is 0 Å². The number of nitrogens with zero attached hydrogens (tertiary/aromatic N) is 4. The predicted octanol–water partition coefficient (Wildman–Crippen LogP) is 1.02. The number of fused-ring (bicyclic) bond motifs is 1. The van der Waals surface area contributed by atoms with Gasteiger partial charge < -0.3 is 10.3 Å². The minimum absolute atomic E-state index is 0.0221. The third-order valence-electron chi connectivity index (χ3n) is 3.14. The number of nitrogens with two attached hydrogens (primary N) is 1. The lowest BCUT2D eigenvalue weighted by atomic mass is 9.92. The summed E-state index contributed by atoms with van der Waals surface area (Å²) in [6.07, 6.45) is 6.87. The van der Waals surface area contributed by atoms with Gasteiger partial charge in [-0.2, -0.15) is 5.10 Å². The molecule has 0 saturated heterocycles. The first-order valence-electron chi connectivity index (χ1n) is 5.59. The third-order valence-corrected chi connectivity index (χ3v) is 3.14. The van der Waals surface area contributed by atoms with E-state index in [2.05, 4.69) is 10.1 Å². The average Bonchev–Trinajstić information content (AvgIpc) is 2.85. The number of hydrogen-bond acceptors (Lipinski definition) is 4. The summed E-state index contributed by atoms with van der Waals surface area (Å²) in [5, 5.41) is 4.08. The Labute approximate surface area is 104 Å². The van der Waals surface area contributed by atoms with E-state index in [0.717, 1.165) is 5.56 Å². The molecule has 0 aliphatic carbocycles. The fraction of sp³-hybridized carbons (Fsp3) is 0.250. The fourth-order valence-electron chi connectivity index (χ4n) is 2.25. The van der Waals surface area contributed by atoms with E-state index in [1.165, 1.54) is 0 Å². The number of aryl methyl sites for hydroxylation is 2. The van der Waals surface area contributed by atoms with Crippen molar-refractivity contribution in [2.75, 3.05) is 5.73 Å². The molecule has 1 unspecified atom stereocenters. The summed E-state index contributed by atoms with van der Waals surface area (Å²) in [5.74, 6) is 0.208. The molecule has 2 N–H and O–H groups in total. The minimum Gasteiger partial charge on any atom is -0.397 e. The van der Waals surface area contributed by atoms with Crippen LogP contribution in [0.15, 0.2) is 23.6 Å². The topological polar surface area (TPSA) is 78.2 Å². The lowest BCUT2D eigenvalue weighted by Crippen LogP contribution is -2.18. The molecule has 0 bridgehead atoms. The number of anilines is 1. The van der Waals surface area contributed by atoms with Crippen LogP contribution >= 0.6 is 0 Å². The van der Waals surface area contributed by atoms with Crippen molar-refractivity contribution in [1.29, 1.82) is 0 Å². The summed E-state index contributed by atoms with van der Waals surface area (Å²) in [5.41, 5.74) is 7.68. The van der Waals surface area contributed by atoms with Crippen molar-refractivity contribution in [3.05, 3.63) is 29.7 Å². The Morgan fingerprint density at radius 2 is 2.11 bits per heavy atom. The van der Waals surface area contributed by atoms with Crippen molar-refractivity contribution >= 4 is 23.5 Å². The molecule has 3 heterocycles. The number of ketones is 1. The summed E-state index contributed by atoms with van der Waals surface area (Å²) >= 11 is 0. The van der Waals surface area contributed by atoms with Gasteiger partial charge in [-0.05, 0) is 0 Å². The zero-order valence-corrected chi connectivity index (χ0v) is 10.2. The molecule has 2 aromatic rings. The summed E-state index contributed by atoms with van der Waals surface area (Å²) in [6, 6.07) is 0. The monoisotopic (exact) mass is 243 g/mol. The van der Waals surface area contributed by atoms with Crippen LogP contribution in [0.25, 0.3) is 0 Å². The second-order valence-electron chi connectivity index (χ2n) is 4.46. The van der Waals surface area contributed by atoms with Gasteiger partial charge in [0.05, 0.1) is 23.4 Å². The highest BCUT2D eigenvalue weighted by atomic mass is 16.1. The van der Waals surface area contributed by atoms with Crippen LogP contribution in [-0.2, 0) is 14.1 Å². The molecular formula is C12H13N5O. The zero-order valence-electron chi connectivity index (χ0n) is 10.2. The number of rotatable bonds is 1. The molecule has 6 nitrogen and oxygen atoms in total. The van der Waals surface area contributed by atoms with Crippen LogP contribution in [0.2, 0.25) is 0 Å². The number of aromatic nitrogens is 3. The molecule has 6 heteroatoms. The number of carbonyl (C=O) groups is 1. The molecule has 1 aliphatic rings. The zero-order chi connectivity index (χ0) is 12.9. The Morgan fingerprint density at radius 3 is 2.78 bits per heavy atom. The highest BCUT2D eigenvalue weighted by Gasteiger charge is 2.30. The van der Waals surface area contributed by atoms with Gasteiger partial charge in [0.15, 0.2) is 5.78 Å². The largest absolute Gasteiger partial charge is 0.397 e. The van der Waals surface area contributed by atoms with E-state index in [1.807, 2.05) is 20.3 Å². The minimum atomic E-state index is -0.393. The van der Waals surface area contributed by atoms with Crippen molar-refractivity contribution in [3.63, 3.8) is 0 Å². The molecule has 0 amide bonds. The second kappa shape index (κ2) is 3.56. The number of hydrogen-bond donors (Lipinski definition) is 1. The summed E-state index contributed by atoms with van der Waals surface area (Å²) in [6.45, 7) is 0. The van der Waals surface area contributed by atoms with E-state index in [9.17, 15) is 4.79 Å². The molecule has 0 radical (unpaired) electrons. The summed E-state index contributed by atoms with van der Waals surface area (Å²) < 4.78 is 3.43. The molecule has 0 saturated carbocycles. The molecule has 2 aromatic heterocycles. The SMILES string of the molecule is Cn1cc(C2C=Nc3c(c(N)cn3C)C2=O)cn1. The molecule has 0 aromatic carbocycles. The number of nitrogen functional groups attached to an aromatic ring is 1. The molecule has 3 rings (SSSR count). The Hall–Kier alpha value is -2.37. The fourth-order valence-corrected chi connectivity index (χ4v) is 2.25. The van der Waals surface area contributed by atoms with E-state index in [0.29, 0.717) is 17.1 Å². The maximum absolute atomic E-state index is 12.4. The highest BCUT2D eigenvalue weighted by molar-refractivity contribution is 6.18. The Bertz CT molecular complexity index is 664. The molecule has 18 heavy (non-hydrogen) atoms. The van der Waals surface area contributed by atoms with E-state index < -0.39 is 5.92 Å². The van der Waals surface area contributed by atoms with E-state index in [1.54, 1.807) is 27.9 Å². The van der Waals surface area contributed by atoms with Gasteiger partial charge in [-0.15, -0.1) is 0 Å². The maximum Gasteiger partial charge on any atom is 0.181 e. The lowest BCUT2D eigenvalue weighted by Gasteiger charge is -2.14. The Balaban J connectivity index is 2.09. The number of aliphatic imine (C=N–C) groups is 1. The van der Waals surface area contributed by atoms with Gasteiger partial charge in [0, 0.05) is 38.3 Å². The van der Waals surface area contributed by atoms with Crippen LogP contribution in [-0.4, -0.2) is 26.3 Å². The van der Waals surface area contributed by atoms with Crippen LogP contribution in [0.5, 0.6) is 0 Å². The second-order valence-corrected chi connectivity index (χ2v) is 4.46. The smallest absolute Gasteiger partial charge is 0.181 e. The summed E-state index contributed by atoms with van der Waals surface area (Å²) in [7, 11) is 3.64. The third kappa shape index (κ3) is 1.38. The van der Waals surface area contributed by atoms with Crippen LogP contribution < -0.4 is 5.73 Å². The maximum atomic E-state index is 12.4. The van der Waals surface area contributed by atoms with Gasteiger partial charge in [-0.25, -0.2) is 4.99 Å². The first kappa shape index (κ1) is 10.8. The molecule has 0 spiro atoms. The van der Waals surface area contributed by atoms with Crippen LogP contribution in [0.3, 0.4) is 0 Å². The quantitative estimate of drug-likeness (QED) is 0.812. The normalized spacial score (nSPS) is 18.1. The first-order valence-corrected chi connectivity index (χ1v) is 5.59. The van der Waals surface area contributed by atoms with Crippen LogP contribution in [0.4, 0.5) is 11.5 Å². The van der Waals surface area contributed by atoms with E-state index in [-0.39, 0.29) is 5.78 Å². The first-order chi connectivity index (χ1) is 8.58. The van der Waals surface area contributed by atoms with Crippen molar-refractivity contribution < 1.29 is 4.79 Å². The number of Topliss-reactive ketones (excluding diaryl/α,β-unsaturated/α-hetero) is 1. The lowest BCUT2D eigenvalue weighted by molar-refractivity contribution is 0.0984. The van der Waals surface area contributed by atoms with Gasteiger partial charge in [0.1, 0.15) is 5.82 Å². The van der Waals surface area contributed by atoms with Gasteiger partial charge in [-0.3, -0.25) is 9.48 Å². The van der Waals surface area contributed by atoms with Gasteiger partial charge in [0.2, 0.25) is 0 Å². The van der Waals surface area contributed by atoms with Crippen LogP contribution in [0.1, 0.15) is 21.8 Å². The van der Waals surface area contributed by atoms with Crippen molar-refractivity contribution in [2.45, 2.75) is 5.92 Å². The molecule has 1 aliphatic heterocycles. The van der Waals surface area contributed by atoms with Crippen LogP contribution in [0, 0.1) is 0 Å². The van der Waals surface area contributed by atoms with Crippen molar-refractivity contribution in [2.24, 2.45) is 19.1 Å². The Morgan fingerprint density at radius 1 is 1.33 bits per heavy atom. The molecule has 0 fully saturated rings. The molecular weight excluding hydrogens is 230 g/mol. The molecule has 92 valence electrons. The summed E-state index contributed by atoms with van der Waals surface area (Å²) in [4.78, 5) is 16.8.